The molecule has 0 saturated carbocycles. The molecule has 0 radical (unpaired) electrons. The molecule has 8 nitrogen and oxygen atoms in total. The molecule has 1 aromatic carbocycles. The molecule has 28 heavy (non-hydrogen) atoms. The lowest BCUT2D eigenvalue weighted by Gasteiger charge is -2.24. The molecule has 1 saturated heterocycles. The predicted octanol–water partition coefficient (Wildman–Crippen LogP) is 1.93. The van der Waals surface area contributed by atoms with Gasteiger partial charge in [-0.3, -0.25) is 9.48 Å². The van der Waals surface area contributed by atoms with Crippen LogP contribution in [0.4, 0.5) is 0 Å². The van der Waals surface area contributed by atoms with Gasteiger partial charge in [-0.2, -0.15) is 10.2 Å². The Balaban J connectivity index is 1.61. The van der Waals surface area contributed by atoms with E-state index in [0.717, 1.165) is 17.1 Å². The van der Waals surface area contributed by atoms with Crippen LogP contribution in [0.25, 0.3) is 5.69 Å². The first-order valence-electron chi connectivity index (χ1n) is 9.23. The van der Waals surface area contributed by atoms with E-state index in [2.05, 4.69) is 10.2 Å². The normalized spacial score (nSPS) is 14.5. The number of benzene rings is 1. The summed E-state index contributed by atoms with van der Waals surface area (Å²) in [4.78, 5) is 14.9. The fourth-order valence-electron chi connectivity index (χ4n) is 3.19. The van der Waals surface area contributed by atoms with Crippen LogP contribution in [0, 0.1) is 6.92 Å². The van der Waals surface area contributed by atoms with Crippen LogP contribution in [-0.4, -0.2) is 56.4 Å². The Morgan fingerprint density at radius 2 is 1.96 bits per heavy atom. The summed E-state index contributed by atoms with van der Waals surface area (Å²) in [6, 6.07) is 13.5. The van der Waals surface area contributed by atoms with Crippen LogP contribution < -0.4 is 0 Å². The van der Waals surface area contributed by atoms with E-state index >= 15 is 0 Å². The van der Waals surface area contributed by atoms with Crippen molar-refractivity contribution in [3.63, 3.8) is 0 Å². The van der Waals surface area contributed by atoms with Crippen molar-refractivity contribution in [1.29, 1.82) is 0 Å². The number of hydrogen-bond donors (Lipinski definition) is 0. The summed E-state index contributed by atoms with van der Waals surface area (Å²) in [5, 5.41) is 8.75. The van der Waals surface area contributed by atoms with Gasteiger partial charge in [0.25, 0.3) is 5.91 Å². The third-order valence-electron chi connectivity index (χ3n) is 4.76. The minimum absolute atomic E-state index is 0.163. The average Bonchev–Trinajstić information content (AvgIpc) is 3.44. The molecule has 0 bridgehead atoms. The van der Waals surface area contributed by atoms with Gasteiger partial charge in [0.2, 0.25) is 0 Å². The monoisotopic (exact) mass is 381 g/mol. The third kappa shape index (κ3) is 3.83. The van der Waals surface area contributed by atoms with Gasteiger partial charge in [0.15, 0.2) is 12.0 Å². The zero-order valence-corrected chi connectivity index (χ0v) is 16.0. The van der Waals surface area contributed by atoms with Crippen molar-refractivity contribution in [2.24, 2.45) is 7.05 Å². The highest BCUT2D eigenvalue weighted by atomic mass is 16.7. The molecule has 1 amide bonds. The predicted molar refractivity (Wildman–Crippen MR) is 102 cm³/mol. The minimum atomic E-state index is -0.429. The van der Waals surface area contributed by atoms with Crippen molar-refractivity contribution in [3.8, 4) is 5.69 Å². The van der Waals surface area contributed by atoms with Crippen molar-refractivity contribution in [2.75, 3.05) is 19.8 Å². The Hall–Kier alpha value is -2.97. The van der Waals surface area contributed by atoms with Gasteiger partial charge in [0.1, 0.15) is 0 Å². The maximum absolute atomic E-state index is 13.2. The number of ether oxygens (including phenoxy) is 2. The summed E-state index contributed by atoms with van der Waals surface area (Å²) in [5.74, 6) is -0.163. The largest absolute Gasteiger partial charge is 0.348 e. The third-order valence-corrected chi connectivity index (χ3v) is 4.76. The SMILES string of the molecule is Cc1cc(C(=O)N(Cc2ccnn2-c2ccccc2)CC2OCCO2)nn1C. The molecule has 0 unspecified atom stereocenters. The summed E-state index contributed by atoms with van der Waals surface area (Å²) in [6.07, 6.45) is 1.31. The van der Waals surface area contributed by atoms with Crippen molar-refractivity contribution < 1.29 is 14.3 Å². The summed E-state index contributed by atoms with van der Waals surface area (Å²) in [5.41, 5.74) is 3.16. The Bertz CT molecular complexity index is 924. The highest BCUT2D eigenvalue weighted by molar-refractivity contribution is 5.92. The molecule has 0 aliphatic carbocycles. The van der Waals surface area contributed by atoms with Gasteiger partial charge < -0.3 is 14.4 Å². The molecular formula is C20H23N5O3. The van der Waals surface area contributed by atoms with E-state index in [-0.39, 0.29) is 5.91 Å². The number of rotatable bonds is 6. The fraction of sp³-hybridized carbons (Fsp3) is 0.350. The molecule has 146 valence electrons. The maximum atomic E-state index is 13.2. The van der Waals surface area contributed by atoms with Gasteiger partial charge >= 0.3 is 0 Å². The first-order valence-corrected chi connectivity index (χ1v) is 9.23. The van der Waals surface area contributed by atoms with E-state index < -0.39 is 6.29 Å². The van der Waals surface area contributed by atoms with E-state index in [1.807, 2.05) is 55.1 Å². The van der Waals surface area contributed by atoms with Gasteiger partial charge in [0.05, 0.1) is 37.7 Å². The van der Waals surface area contributed by atoms with E-state index in [4.69, 9.17) is 9.47 Å². The van der Waals surface area contributed by atoms with Crippen molar-refractivity contribution in [2.45, 2.75) is 19.8 Å². The van der Waals surface area contributed by atoms with E-state index in [1.165, 1.54) is 0 Å². The molecule has 3 aromatic rings. The molecule has 0 N–H and O–H groups in total. The molecule has 0 spiro atoms. The Kier molecular flexibility index (Phi) is 5.23. The van der Waals surface area contributed by atoms with Crippen LogP contribution in [0.3, 0.4) is 0 Å². The summed E-state index contributed by atoms with van der Waals surface area (Å²) in [6.45, 7) is 3.69. The number of carbonyl (C=O) groups is 1. The smallest absolute Gasteiger partial charge is 0.274 e. The van der Waals surface area contributed by atoms with Gasteiger partial charge in [-0.05, 0) is 31.2 Å². The van der Waals surface area contributed by atoms with Crippen LogP contribution in [-0.2, 0) is 23.1 Å². The lowest BCUT2D eigenvalue weighted by atomic mass is 10.2. The van der Waals surface area contributed by atoms with E-state index in [0.29, 0.717) is 32.0 Å². The highest BCUT2D eigenvalue weighted by Crippen LogP contribution is 2.16. The number of hydrogen-bond acceptors (Lipinski definition) is 5. The molecule has 1 aliphatic heterocycles. The van der Waals surface area contributed by atoms with Gasteiger partial charge in [-0.1, -0.05) is 18.2 Å². The van der Waals surface area contributed by atoms with Gasteiger partial charge in [-0.25, -0.2) is 4.68 Å². The standard InChI is InChI=1S/C20H23N5O3/c1-15-12-18(22-23(15)2)20(26)24(14-19-27-10-11-28-19)13-17-8-9-21-25(17)16-6-4-3-5-7-16/h3-9,12,19H,10-11,13-14H2,1-2H3. The average molecular weight is 381 g/mol. The molecule has 2 aromatic heterocycles. The summed E-state index contributed by atoms with van der Waals surface area (Å²) in [7, 11) is 1.82. The zero-order chi connectivity index (χ0) is 19.5. The quantitative estimate of drug-likeness (QED) is 0.652. The maximum Gasteiger partial charge on any atom is 0.274 e. The van der Waals surface area contributed by atoms with Crippen molar-refractivity contribution in [1.82, 2.24) is 24.5 Å². The van der Waals surface area contributed by atoms with Crippen LogP contribution in [0.2, 0.25) is 0 Å². The van der Waals surface area contributed by atoms with Crippen LogP contribution >= 0.6 is 0 Å². The molecule has 3 heterocycles. The topological polar surface area (TPSA) is 74.4 Å². The molecular weight excluding hydrogens is 358 g/mol. The van der Waals surface area contributed by atoms with Gasteiger partial charge in [0, 0.05) is 18.9 Å². The molecule has 8 heteroatoms. The van der Waals surface area contributed by atoms with Crippen LogP contribution in [0.1, 0.15) is 21.9 Å². The fourth-order valence-corrected chi connectivity index (χ4v) is 3.19. The second-order valence-electron chi connectivity index (χ2n) is 6.72. The molecule has 1 fully saturated rings. The Morgan fingerprint density at radius 1 is 1.21 bits per heavy atom. The van der Waals surface area contributed by atoms with Crippen molar-refractivity contribution in [3.05, 3.63) is 65.7 Å². The number of carbonyl (C=O) groups excluding carboxylic acids is 1. The molecule has 0 atom stereocenters. The lowest BCUT2D eigenvalue weighted by Crippen LogP contribution is -2.38. The number of aromatic nitrogens is 4. The zero-order valence-electron chi connectivity index (χ0n) is 16.0. The lowest BCUT2D eigenvalue weighted by molar-refractivity contribution is -0.0587. The van der Waals surface area contributed by atoms with Gasteiger partial charge in [-0.15, -0.1) is 0 Å². The van der Waals surface area contributed by atoms with E-state index in [1.54, 1.807) is 21.8 Å². The van der Waals surface area contributed by atoms with Crippen molar-refractivity contribution >= 4 is 5.91 Å². The van der Waals surface area contributed by atoms with E-state index in [9.17, 15) is 4.79 Å². The molecule has 1 aliphatic rings. The first-order chi connectivity index (χ1) is 13.6. The number of nitrogens with zero attached hydrogens (tertiary/aromatic N) is 5. The van der Waals surface area contributed by atoms with Crippen LogP contribution in [0.5, 0.6) is 0 Å². The number of aryl methyl sites for hydroxylation is 2. The van der Waals surface area contributed by atoms with Crippen LogP contribution in [0.15, 0.2) is 48.7 Å². The Labute approximate surface area is 163 Å². The minimum Gasteiger partial charge on any atom is -0.348 e. The number of amides is 1. The first kappa shape index (κ1) is 18.4. The summed E-state index contributed by atoms with van der Waals surface area (Å²) < 4.78 is 14.7. The second-order valence-corrected chi connectivity index (χ2v) is 6.72. The second kappa shape index (κ2) is 7.95. The number of para-hydroxylation sites is 1. The highest BCUT2D eigenvalue weighted by Gasteiger charge is 2.26. The summed E-state index contributed by atoms with van der Waals surface area (Å²) >= 11 is 0. The molecule has 4 rings (SSSR count). The Morgan fingerprint density at radius 3 is 2.64 bits per heavy atom.